The summed E-state index contributed by atoms with van der Waals surface area (Å²) in [4.78, 5) is 0. The van der Waals surface area contributed by atoms with Gasteiger partial charge in [-0.15, -0.1) is 11.6 Å². The second-order valence-electron chi connectivity index (χ2n) is 5.73. The van der Waals surface area contributed by atoms with Crippen LogP contribution in [0, 0.1) is 0 Å². The molecule has 0 aliphatic heterocycles. The standard InChI is InChI=1S/C14H22ClN3/c15-11-8-13(9-11)16-10-12-6-7-18(17-12)14-4-2-1-3-5-14/h6-7,11,13-14,16H,1-5,8-10H2. The highest BCUT2D eigenvalue weighted by atomic mass is 35.5. The van der Waals surface area contributed by atoms with E-state index in [0.717, 1.165) is 19.4 Å². The molecule has 2 fully saturated rings. The second kappa shape index (κ2) is 5.62. The Morgan fingerprint density at radius 2 is 2.06 bits per heavy atom. The van der Waals surface area contributed by atoms with E-state index >= 15 is 0 Å². The van der Waals surface area contributed by atoms with Gasteiger partial charge in [0.2, 0.25) is 0 Å². The molecule has 0 aromatic carbocycles. The van der Waals surface area contributed by atoms with Crippen molar-refractivity contribution in [2.24, 2.45) is 0 Å². The van der Waals surface area contributed by atoms with Crippen LogP contribution in [0.15, 0.2) is 12.3 Å². The average Bonchev–Trinajstić information content (AvgIpc) is 2.83. The molecule has 0 unspecified atom stereocenters. The number of rotatable bonds is 4. The SMILES string of the molecule is ClC1CC(NCc2ccn(C3CCCCC3)n2)C1. The number of hydrogen-bond acceptors (Lipinski definition) is 2. The summed E-state index contributed by atoms with van der Waals surface area (Å²) in [5, 5.41) is 8.62. The molecule has 1 N–H and O–H groups in total. The lowest BCUT2D eigenvalue weighted by Gasteiger charge is -2.31. The fraction of sp³-hybridized carbons (Fsp3) is 0.786. The number of nitrogens with zero attached hydrogens (tertiary/aromatic N) is 2. The maximum Gasteiger partial charge on any atom is 0.0762 e. The fourth-order valence-electron chi connectivity index (χ4n) is 2.98. The molecule has 0 amide bonds. The maximum absolute atomic E-state index is 5.97. The second-order valence-corrected chi connectivity index (χ2v) is 6.34. The normalized spacial score (nSPS) is 29.2. The predicted molar refractivity (Wildman–Crippen MR) is 73.9 cm³/mol. The molecule has 18 heavy (non-hydrogen) atoms. The van der Waals surface area contributed by atoms with Crippen molar-refractivity contribution in [2.75, 3.05) is 0 Å². The molecule has 0 bridgehead atoms. The third-order valence-corrected chi connectivity index (χ3v) is 4.62. The van der Waals surface area contributed by atoms with Crippen molar-refractivity contribution in [3.8, 4) is 0 Å². The van der Waals surface area contributed by atoms with E-state index < -0.39 is 0 Å². The third-order valence-electron chi connectivity index (χ3n) is 4.26. The van der Waals surface area contributed by atoms with Crippen molar-refractivity contribution < 1.29 is 0 Å². The van der Waals surface area contributed by atoms with Crippen molar-refractivity contribution in [3.05, 3.63) is 18.0 Å². The molecule has 2 aliphatic rings. The van der Waals surface area contributed by atoms with Gasteiger partial charge in [-0.2, -0.15) is 5.10 Å². The van der Waals surface area contributed by atoms with Gasteiger partial charge in [-0.1, -0.05) is 19.3 Å². The quantitative estimate of drug-likeness (QED) is 0.849. The highest BCUT2D eigenvalue weighted by Gasteiger charge is 2.26. The average molecular weight is 268 g/mol. The number of nitrogens with one attached hydrogen (secondary N) is 1. The number of halogens is 1. The highest BCUT2D eigenvalue weighted by molar-refractivity contribution is 6.21. The van der Waals surface area contributed by atoms with Crippen LogP contribution in [0.25, 0.3) is 0 Å². The highest BCUT2D eigenvalue weighted by Crippen LogP contribution is 2.28. The molecule has 100 valence electrons. The zero-order chi connectivity index (χ0) is 12.4. The molecule has 3 rings (SSSR count). The summed E-state index contributed by atoms with van der Waals surface area (Å²) in [5.74, 6) is 0. The summed E-state index contributed by atoms with van der Waals surface area (Å²) in [5.41, 5.74) is 1.17. The molecule has 2 aliphatic carbocycles. The van der Waals surface area contributed by atoms with E-state index in [1.807, 2.05) is 0 Å². The van der Waals surface area contributed by atoms with E-state index in [-0.39, 0.29) is 0 Å². The van der Waals surface area contributed by atoms with Crippen LogP contribution in [-0.4, -0.2) is 21.2 Å². The van der Waals surface area contributed by atoms with Gasteiger partial charge in [-0.05, 0) is 31.7 Å². The van der Waals surface area contributed by atoms with Crippen molar-refractivity contribution in [1.29, 1.82) is 0 Å². The van der Waals surface area contributed by atoms with Crippen LogP contribution in [0.1, 0.15) is 56.7 Å². The molecule has 1 aromatic rings. The third kappa shape index (κ3) is 2.89. The van der Waals surface area contributed by atoms with Gasteiger partial charge in [0.25, 0.3) is 0 Å². The summed E-state index contributed by atoms with van der Waals surface area (Å²) in [6.45, 7) is 0.883. The van der Waals surface area contributed by atoms with Crippen molar-refractivity contribution >= 4 is 11.6 Å². The van der Waals surface area contributed by atoms with Gasteiger partial charge in [-0.25, -0.2) is 0 Å². The van der Waals surface area contributed by atoms with Gasteiger partial charge in [0.1, 0.15) is 0 Å². The van der Waals surface area contributed by atoms with Gasteiger partial charge >= 0.3 is 0 Å². The van der Waals surface area contributed by atoms with Crippen LogP contribution in [0.2, 0.25) is 0 Å². The maximum atomic E-state index is 5.97. The Morgan fingerprint density at radius 3 is 2.78 bits per heavy atom. The van der Waals surface area contributed by atoms with E-state index in [1.54, 1.807) is 0 Å². The first-order valence-electron chi connectivity index (χ1n) is 7.23. The van der Waals surface area contributed by atoms with E-state index in [1.165, 1.54) is 37.8 Å². The fourth-order valence-corrected chi connectivity index (χ4v) is 3.41. The van der Waals surface area contributed by atoms with Crippen molar-refractivity contribution in [3.63, 3.8) is 0 Å². The zero-order valence-corrected chi connectivity index (χ0v) is 11.6. The van der Waals surface area contributed by atoms with Gasteiger partial charge in [0.05, 0.1) is 11.7 Å². The minimum Gasteiger partial charge on any atom is -0.308 e. The zero-order valence-electron chi connectivity index (χ0n) is 10.8. The van der Waals surface area contributed by atoms with E-state index in [4.69, 9.17) is 16.7 Å². The number of aromatic nitrogens is 2. The van der Waals surface area contributed by atoms with E-state index in [2.05, 4.69) is 22.3 Å². The molecule has 0 spiro atoms. The van der Waals surface area contributed by atoms with E-state index in [9.17, 15) is 0 Å². The largest absolute Gasteiger partial charge is 0.308 e. The molecule has 3 nitrogen and oxygen atoms in total. The Morgan fingerprint density at radius 1 is 1.28 bits per heavy atom. The van der Waals surface area contributed by atoms with Crippen LogP contribution < -0.4 is 5.32 Å². The van der Waals surface area contributed by atoms with Gasteiger partial charge in [0.15, 0.2) is 0 Å². The lowest BCUT2D eigenvalue weighted by Crippen LogP contribution is -2.41. The van der Waals surface area contributed by atoms with Crippen molar-refractivity contribution in [2.45, 2.75) is 69.0 Å². The smallest absolute Gasteiger partial charge is 0.0762 e. The van der Waals surface area contributed by atoms with Crippen LogP contribution in [0.5, 0.6) is 0 Å². The Labute approximate surface area is 114 Å². The molecule has 2 saturated carbocycles. The molecule has 4 heteroatoms. The minimum atomic E-state index is 0.391. The molecule has 1 aromatic heterocycles. The summed E-state index contributed by atoms with van der Waals surface area (Å²) >= 11 is 5.97. The Kier molecular flexibility index (Phi) is 3.90. The lowest BCUT2D eigenvalue weighted by atomic mass is 9.92. The summed E-state index contributed by atoms with van der Waals surface area (Å²) < 4.78 is 2.18. The Bertz CT molecular complexity index is 378. The van der Waals surface area contributed by atoms with Crippen LogP contribution >= 0.6 is 11.6 Å². The molecule has 0 atom stereocenters. The molecule has 0 saturated heterocycles. The van der Waals surface area contributed by atoms with E-state index in [0.29, 0.717) is 17.5 Å². The summed E-state index contributed by atoms with van der Waals surface area (Å²) in [6.07, 6.45) is 11.1. The first-order chi connectivity index (χ1) is 8.81. The van der Waals surface area contributed by atoms with Gasteiger partial charge in [0, 0.05) is 24.2 Å². The van der Waals surface area contributed by atoms with Gasteiger partial charge in [-0.3, -0.25) is 4.68 Å². The number of alkyl halides is 1. The van der Waals surface area contributed by atoms with Crippen LogP contribution in [-0.2, 0) is 6.54 Å². The van der Waals surface area contributed by atoms with Gasteiger partial charge < -0.3 is 5.32 Å². The predicted octanol–water partition coefficient (Wildman–Crippen LogP) is 3.25. The molecule has 0 radical (unpaired) electrons. The Hall–Kier alpha value is -0.540. The molecule has 1 heterocycles. The first-order valence-corrected chi connectivity index (χ1v) is 7.66. The molecular formula is C14H22ClN3. The van der Waals surface area contributed by atoms with Crippen LogP contribution in [0.3, 0.4) is 0 Å². The summed E-state index contributed by atoms with van der Waals surface area (Å²) in [6, 6.07) is 3.40. The molecular weight excluding hydrogens is 246 g/mol. The van der Waals surface area contributed by atoms with Crippen molar-refractivity contribution in [1.82, 2.24) is 15.1 Å². The van der Waals surface area contributed by atoms with Crippen LogP contribution in [0.4, 0.5) is 0 Å². The number of hydrogen-bond donors (Lipinski definition) is 1. The first kappa shape index (κ1) is 12.5. The minimum absolute atomic E-state index is 0.391. The Balaban J connectivity index is 1.49. The monoisotopic (exact) mass is 267 g/mol. The summed E-state index contributed by atoms with van der Waals surface area (Å²) in [7, 11) is 0. The lowest BCUT2D eigenvalue weighted by molar-refractivity contribution is 0.323. The topological polar surface area (TPSA) is 29.9 Å².